The summed E-state index contributed by atoms with van der Waals surface area (Å²) in [6, 6.07) is 15.1. The van der Waals surface area contributed by atoms with Crippen molar-refractivity contribution in [3.05, 3.63) is 81.7 Å². The molecule has 0 spiro atoms. The zero-order valence-corrected chi connectivity index (χ0v) is 15.9. The molecule has 0 unspecified atom stereocenters. The number of hydrogen-bond donors (Lipinski definition) is 1. The number of aromatic nitrogens is 1. The van der Waals surface area contributed by atoms with Gasteiger partial charge in [0.1, 0.15) is 0 Å². The van der Waals surface area contributed by atoms with E-state index in [2.05, 4.69) is 5.16 Å². The van der Waals surface area contributed by atoms with Gasteiger partial charge in [-0.25, -0.2) is 4.79 Å². The lowest BCUT2D eigenvalue weighted by atomic mass is 10.00. The number of nitrogens with zero attached hydrogens (tertiary/aromatic N) is 3. The topological polar surface area (TPSA) is 107 Å². The Balaban J connectivity index is 2.35. The molecule has 0 fully saturated rings. The predicted octanol–water partition coefficient (Wildman–Crippen LogP) is 4.35. The van der Waals surface area contributed by atoms with Crippen molar-refractivity contribution in [2.45, 2.75) is 13.8 Å². The molecular weight excluding hydrogens is 374 g/mol. The third kappa shape index (κ3) is 3.73. The molecule has 8 nitrogen and oxygen atoms in total. The Kier molecular flexibility index (Phi) is 5.73. The van der Waals surface area contributed by atoms with Crippen LogP contribution in [0.15, 0.2) is 59.8 Å². The molecule has 148 valence electrons. The molecule has 1 heterocycles. The maximum absolute atomic E-state index is 12.8. The summed E-state index contributed by atoms with van der Waals surface area (Å²) in [6.45, 7) is 3.67. The van der Waals surface area contributed by atoms with Gasteiger partial charge in [-0.1, -0.05) is 23.4 Å². The average Bonchev–Trinajstić information content (AvgIpc) is 3.01. The van der Waals surface area contributed by atoms with Gasteiger partial charge in [-0.2, -0.15) is 0 Å². The SMILES string of the molecule is CCOC(=O)c1c(-c2ccc([N+](=O)[O-])cc2)c(C=NO)n(-c2ccccc2)c1C. The minimum absolute atomic E-state index is 0.0666. The minimum Gasteiger partial charge on any atom is -0.462 e. The normalized spacial score (nSPS) is 11.0. The molecule has 1 N–H and O–H groups in total. The highest BCUT2D eigenvalue weighted by atomic mass is 16.6. The molecule has 0 bridgehead atoms. The predicted molar refractivity (Wildman–Crippen MR) is 108 cm³/mol. The number of oxime groups is 1. The number of esters is 1. The second-order valence-electron chi connectivity index (χ2n) is 6.16. The number of non-ortho nitro benzene ring substituents is 1. The second kappa shape index (κ2) is 8.39. The Labute approximate surface area is 166 Å². The van der Waals surface area contributed by atoms with E-state index in [1.807, 2.05) is 30.3 Å². The highest BCUT2D eigenvalue weighted by Crippen LogP contribution is 2.35. The Bertz CT molecular complexity index is 1070. The summed E-state index contributed by atoms with van der Waals surface area (Å²) < 4.78 is 7.03. The number of carbonyl (C=O) groups excluding carboxylic acids is 1. The lowest BCUT2D eigenvalue weighted by molar-refractivity contribution is -0.384. The van der Waals surface area contributed by atoms with Crippen molar-refractivity contribution in [2.75, 3.05) is 6.61 Å². The van der Waals surface area contributed by atoms with Gasteiger partial charge in [0, 0.05) is 29.1 Å². The van der Waals surface area contributed by atoms with Crippen molar-refractivity contribution >= 4 is 17.9 Å². The Hall–Kier alpha value is -3.94. The summed E-state index contributed by atoms with van der Waals surface area (Å²) in [5.74, 6) is -0.527. The van der Waals surface area contributed by atoms with Gasteiger partial charge in [0.05, 0.1) is 29.0 Å². The van der Waals surface area contributed by atoms with Gasteiger partial charge in [0.15, 0.2) is 0 Å². The second-order valence-corrected chi connectivity index (χ2v) is 6.16. The maximum atomic E-state index is 12.8. The molecule has 0 aliphatic carbocycles. The number of benzene rings is 2. The van der Waals surface area contributed by atoms with E-state index in [1.165, 1.54) is 18.3 Å². The van der Waals surface area contributed by atoms with Crippen molar-refractivity contribution in [1.29, 1.82) is 0 Å². The van der Waals surface area contributed by atoms with E-state index in [1.54, 1.807) is 30.5 Å². The molecule has 29 heavy (non-hydrogen) atoms. The van der Waals surface area contributed by atoms with Crippen LogP contribution in [0.3, 0.4) is 0 Å². The fourth-order valence-electron chi connectivity index (χ4n) is 3.30. The van der Waals surface area contributed by atoms with E-state index in [0.29, 0.717) is 28.1 Å². The fourth-order valence-corrected chi connectivity index (χ4v) is 3.30. The number of carbonyl (C=O) groups is 1. The highest BCUT2D eigenvalue weighted by Gasteiger charge is 2.27. The van der Waals surface area contributed by atoms with Crippen LogP contribution in [0.1, 0.15) is 28.7 Å². The molecule has 0 amide bonds. The van der Waals surface area contributed by atoms with Crippen LogP contribution in [0, 0.1) is 17.0 Å². The van der Waals surface area contributed by atoms with Crippen molar-refractivity contribution < 1.29 is 19.7 Å². The Morgan fingerprint density at radius 3 is 2.41 bits per heavy atom. The van der Waals surface area contributed by atoms with E-state index < -0.39 is 10.9 Å². The molecule has 3 rings (SSSR count). The van der Waals surface area contributed by atoms with Crippen LogP contribution in [0.4, 0.5) is 5.69 Å². The number of hydrogen-bond acceptors (Lipinski definition) is 6. The molecule has 3 aromatic rings. The van der Waals surface area contributed by atoms with Crippen LogP contribution >= 0.6 is 0 Å². The summed E-state index contributed by atoms with van der Waals surface area (Å²) in [5.41, 5.74) is 3.08. The summed E-state index contributed by atoms with van der Waals surface area (Å²) in [4.78, 5) is 23.3. The first-order valence-corrected chi connectivity index (χ1v) is 8.89. The molecule has 0 aliphatic heterocycles. The number of para-hydroxylation sites is 1. The minimum atomic E-state index is -0.527. The Morgan fingerprint density at radius 1 is 1.21 bits per heavy atom. The first-order chi connectivity index (χ1) is 14.0. The molecule has 0 saturated carbocycles. The van der Waals surface area contributed by atoms with Gasteiger partial charge in [0.25, 0.3) is 5.69 Å². The third-order valence-corrected chi connectivity index (χ3v) is 4.49. The standard InChI is InChI=1S/C21H19N3O5/c1-3-29-21(25)19-14(2)23(16-7-5-4-6-8-16)18(13-22-26)20(19)15-9-11-17(12-10-15)24(27)28/h4-13,26H,3H2,1-2H3. The Morgan fingerprint density at radius 2 is 1.86 bits per heavy atom. The molecule has 0 aliphatic rings. The molecule has 1 aromatic heterocycles. The van der Waals surface area contributed by atoms with Crippen LogP contribution < -0.4 is 0 Å². The lowest BCUT2D eigenvalue weighted by Gasteiger charge is -2.09. The zero-order valence-electron chi connectivity index (χ0n) is 15.9. The molecule has 8 heteroatoms. The molecule has 2 aromatic carbocycles. The zero-order chi connectivity index (χ0) is 21.0. The molecular formula is C21H19N3O5. The third-order valence-electron chi connectivity index (χ3n) is 4.49. The van der Waals surface area contributed by atoms with E-state index in [9.17, 15) is 20.1 Å². The van der Waals surface area contributed by atoms with Crippen LogP contribution in [-0.4, -0.2) is 33.5 Å². The number of nitro benzene ring substituents is 1. The van der Waals surface area contributed by atoms with Crippen LogP contribution in [-0.2, 0) is 4.74 Å². The van der Waals surface area contributed by atoms with Crippen LogP contribution in [0.5, 0.6) is 0 Å². The highest BCUT2D eigenvalue weighted by molar-refractivity contribution is 6.05. The van der Waals surface area contributed by atoms with Gasteiger partial charge in [-0.05, 0) is 43.7 Å². The van der Waals surface area contributed by atoms with E-state index in [-0.39, 0.29) is 12.3 Å². The first kappa shape index (κ1) is 19.8. The molecule has 0 radical (unpaired) electrons. The van der Waals surface area contributed by atoms with Gasteiger partial charge >= 0.3 is 5.97 Å². The van der Waals surface area contributed by atoms with Crippen molar-refractivity contribution in [3.8, 4) is 16.8 Å². The fraction of sp³-hybridized carbons (Fsp3) is 0.143. The smallest absolute Gasteiger partial charge is 0.340 e. The molecule has 0 atom stereocenters. The van der Waals surface area contributed by atoms with Crippen molar-refractivity contribution in [1.82, 2.24) is 4.57 Å². The van der Waals surface area contributed by atoms with Gasteiger partial charge in [-0.15, -0.1) is 0 Å². The molecule has 0 saturated heterocycles. The quantitative estimate of drug-likeness (QED) is 0.220. The van der Waals surface area contributed by atoms with Crippen molar-refractivity contribution in [3.63, 3.8) is 0 Å². The van der Waals surface area contributed by atoms with E-state index in [0.717, 1.165) is 5.69 Å². The van der Waals surface area contributed by atoms with Gasteiger partial charge in [0.2, 0.25) is 0 Å². The van der Waals surface area contributed by atoms with Gasteiger partial charge in [-0.3, -0.25) is 10.1 Å². The largest absolute Gasteiger partial charge is 0.462 e. The number of rotatable bonds is 6. The first-order valence-electron chi connectivity index (χ1n) is 8.89. The van der Waals surface area contributed by atoms with Crippen LogP contribution in [0.2, 0.25) is 0 Å². The maximum Gasteiger partial charge on any atom is 0.340 e. The van der Waals surface area contributed by atoms with Gasteiger partial charge < -0.3 is 14.5 Å². The summed E-state index contributed by atoms with van der Waals surface area (Å²) in [5, 5.41) is 23.4. The van der Waals surface area contributed by atoms with Crippen molar-refractivity contribution in [2.24, 2.45) is 5.16 Å². The number of ether oxygens (including phenoxy) is 1. The average molecular weight is 393 g/mol. The summed E-state index contributed by atoms with van der Waals surface area (Å²) in [6.07, 6.45) is 1.24. The monoisotopic (exact) mass is 393 g/mol. The number of nitro groups is 1. The lowest BCUT2D eigenvalue weighted by Crippen LogP contribution is -2.07. The van der Waals surface area contributed by atoms with Crippen LogP contribution in [0.25, 0.3) is 16.8 Å². The van der Waals surface area contributed by atoms with E-state index >= 15 is 0 Å². The summed E-state index contributed by atoms with van der Waals surface area (Å²) in [7, 11) is 0. The van der Waals surface area contributed by atoms with E-state index in [4.69, 9.17) is 4.74 Å². The summed E-state index contributed by atoms with van der Waals surface area (Å²) >= 11 is 0.